The van der Waals surface area contributed by atoms with Crippen molar-refractivity contribution in [1.29, 1.82) is 0 Å². The van der Waals surface area contributed by atoms with Crippen LogP contribution in [-0.4, -0.2) is 15.9 Å². The molecule has 0 saturated heterocycles. The van der Waals surface area contributed by atoms with Crippen LogP contribution in [-0.2, 0) is 0 Å². The summed E-state index contributed by atoms with van der Waals surface area (Å²) in [6, 6.07) is 13.4. The third kappa shape index (κ3) is 3.92. The van der Waals surface area contributed by atoms with Gasteiger partial charge in [0, 0.05) is 11.4 Å². The van der Waals surface area contributed by atoms with E-state index in [4.69, 9.17) is 0 Å². The summed E-state index contributed by atoms with van der Waals surface area (Å²) < 4.78 is 12.9. The summed E-state index contributed by atoms with van der Waals surface area (Å²) in [5.74, 6) is -0.229. The molecule has 0 bridgehead atoms. The predicted molar refractivity (Wildman–Crippen MR) is 90.8 cm³/mol. The van der Waals surface area contributed by atoms with Crippen LogP contribution in [0, 0.1) is 12.7 Å². The molecule has 6 heteroatoms. The fourth-order valence-electron chi connectivity index (χ4n) is 2.02. The number of amides is 1. The number of aryl methyl sites for hydroxylation is 1. The Hall–Kier alpha value is -3.28. The van der Waals surface area contributed by atoms with E-state index in [9.17, 15) is 9.18 Å². The molecule has 0 spiro atoms. The minimum atomic E-state index is -0.406. The van der Waals surface area contributed by atoms with E-state index in [2.05, 4.69) is 20.6 Å². The maximum absolute atomic E-state index is 12.9. The number of nitrogens with one attached hydrogen (secondary N) is 2. The van der Waals surface area contributed by atoms with Crippen molar-refractivity contribution in [1.82, 2.24) is 9.97 Å². The van der Waals surface area contributed by atoms with E-state index in [1.165, 1.54) is 42.2 Å². The highest BCUT2D eigenvalue weighted by Crippen LogP contribution is 2.15. The Morgan fingerprint density at radius 1 is 0.917 bits per heavy atom. The number of carbonyl (C=O) groups excluding carboxylic acids is 1. The highest BCUT2D eigenvalue weighted by atomic mass is 19.1. The first kappa shape index (κ1) is 15.6. The number of nitrogens with zero attached hydrogens (tertiary/aromatic N) is 2. The van der Waals surface area contributed by atoms with Crippen LogP contribution in [0.5, 0.6) is 0 Å². The lowest BCUT2D eigenvalue weighted by atomic mass is 10.2. The summed E-state index contributed by atoms with van der Waals surface area (Å²) in [5, 5.41) is 5.74. The Labute approximate surface area is 138 Å². The van der Waals surface area contributed by atoms with Crippen molar-refractivity contribution in [2.75, 3.05) is 10.6 Å². The molecule has 0 saturated carbocycles. The molecule has 0 aliphatic heterocycles. The Morgan fingerprint density at radius 3 is 2.21 bits per heavy atom. The second-order valence-electron chi connectivity index (χ2n) is 5.24. The number of halogens is 1. The summed E-state index contributed by atoms with van der Waals surface area (Å²) >= 11 is 0. The van der Waals surface area contributed by atoms with Crippen molar-refractivity contribution in [3.05, 3.63) is 78.0 Å². The molecule has 3 aromatic rings. The van der Waals surface area contributed by atoms with Crippen molar-refractivity contribution >= 4 is 23.1 Å². The molecule has 1 aromatic heterocycles. The zero-order valence-electron chi connectivity index (χ0n) is 13.0. The van der Waals surface area contributed by atoms with Crippen LogP contribution in [0.2, 0.25) is 0 Å². The van der Waals surface area contributed by atoms with Gasteiger partial charge in [-0.25, -0.2) is 14.4 Å². The SMILES string of the molecule is Cc1ccc(Nc2cnc(C(=O)Nc3ccc(F)cc3)cn2)cc1. The van der Waals surface area contributed by atoms with Gasteiger partial charge in [0.05, 0.1) is 12.4 Å². The van der Waals surface area contributed by atoms with E-state index < -0.39 is 5.91 Å². The summed E-state index contributed by atoms with van der Waals surface area (Å²) in [4.78, 5) is 20.4. The van der Waals surface area contributed by atoms with E-state index in [0.717, 1.165) is 5.69 Å². The van der Waals surface area contributed by atoms with Crippen molar-refractivity contribution in [2.24, 2.45) is 0 Å². The topological polar surface area (TPSA) is 66.9 Å². The lowest BCUT2D eigenvalue weighted by molar-refractivity contribution is 0.102. The Kier molecular flexibility index (Phi) is 4.47. The van der Waals surface area contributed by atoms with E-state index in [1.807, 2.05) is 31.2 Å². The number of hydrogen-bond donors (Lipinski definition) is 2. The van der Waals surface area contributed by atoms with Gasteiger partial charge in [-0.1, -0.05) is 17.7 Å². The van der Waals surface area contributed by atoms with E-state index in [-0.39, 0.29) is 11.5 Å². The largest absolute Gasteiger partial charge is 0.339 e. The third-order valence-electron chi connectivity index (χ3n) is 3.31. The second kappa shape index (κ2) is 6.87. The molecule has 0 fully saturated rings. The van der Waals surface area contributed by atoms with Gasteiger partial charge in [0.15, 0.2) is 0 Å². The van der Waals surface area contributed by atoms with Crippen LogP contribution in [0.15, 0.2) is 60.9 Å². The maximum Gasteiger partial charge on any atom is 0.275 e. The van der Waals surface area contributed by atoms with Crippen molar-refractivity contribution < 1.29 is 9.18 Å². The number of anilines is 3. The molecule has 2 N–H and O–H groups in total. The number of carbonyl (C=O) groups is 1. The van der Waals surface area contributed by atoms with Gasteiger partial charge < -0.3 is 10.6 Å². The van der Waals surface area contributed by atoms with Gasteiger partial charge in [-0.05, 0) is 43.3 Å². The molecule has 0 atom stereocenters. The molecule has 5 nitrogen and oxygen atoms in total. The smallest absolute Gasteiger partial charge is 0.275 e. The maximum atomic E-state index is 12.9. The number of benzene rings is 2. The number of hydrogen-bond acceptors (Lipinski definition) is 4. The zero-order chi connectivity index (χ0) is 16.9. The molecular formula is C18H15FN4O. The van der Waals surface area contributed by atoms with Crippen molar-refractivity contribution in [3.8, 4) is 0 Å². The average molecular weight is 322 g/mol. The van der Waals surface area contributed by atoms with Crippen LogP contribution >= 0.6 is 0 Å². The quantitative estimate of drug-likeness (QED) is 0.764. The van der Waals surface area contributed by atoms with E-state index in [0.29, 0.717) is 11.5 Å². The standard InChI is InChI=1S/C18H15FN4O/c1-12-2-6-14(7-3-12)22-17-11-20-16(10-21-17)18(24)23-15-8-4-13(19)5-9-15/h2-11H,1H3,(H,21,22)(H,23,24). The molecule has 120 valence electrons. The molecule has 0 aliphatic rings. The molecular weight excluding hydrogens is 307 g/mol. The van der Waals surface area contributed by atoms with Gasteiger partial charge in [0.25, 0.3) is 5.91 Å². The first-order chi connectivity index (χ1) is 11.6. The first-order valence-corrected chi connectivity index (χ1v) is 7.33. The van der Waals surface area contributed by atoms with E-state index in [1.54, 1.807) is 0 Å². The molecule has 24 heavy (non-hydrogen) atoms. The van der Waals surface area contributed by atoms with E-state index >= 15 is 0 Å². The van der Waals surface area contributed by atoms with Gasteiger partial charge in [0.1, 0.15) is 17.3 Å². The van der Waals surface area contributed by atoms with Crippen molar-refractivity contribution in [3.63, 3.8) is 0 Å². The van der Waals surface area contributed by atoms with Crippen LogP contribution in [0.4, 0.5) is 21.6 Å². The number of rotatable bonds is 4. The first-order valence-electron chi connectivity index (χ1n) is 7.33. The normalized spacial score (nSPS) is 10.2. The molecule has 1 amide bonds. The molecule has 0 aliphatic carbocycles. The van der Waals surface area contributed by atoms with Crippen molar-refractivity contribution in [2.45, 2.75) is 6.92 Å². The lowest BCUT2D eigenvalue weighted by Gasteiger charge is -2.07. The minimum Gasteiger partial charge on any atom is -0.339 e. The van der Waals surface area contributed by atoms with Gasteiger partial charge in [-0.15, -0.1) is 0 Å². The second-order valence-corrected chi connectivity index (χ2v) is 5.24. The molecule has 0 radical (unpaired) electrons. The van der Waals surface area contributed by atoms with Gasteiger partial charge in [-0.2, -0.15) is 0 Å². The monoisotopic (exact) mass is 322 g/mol. The molecule has 2 aromatic carbocycles. The summed E-state index contributed by atoms with van der Waals surface area (Å²) in [7, 11) is 0. The van der Waals surface area contributed by atoms with Gasteiger partial charge >= 0.3 is 0 Å². The fraction of sp³-hybridized carbons (Fsp3) is 0.0556. The zero-order valence-corrected chi connectivity index (χ0v) is 13.0. The fourth-order valence-corrected chi connectivity index (χ4v) is 2.02. The highest BCUT2D eigenvalue weighted by molar-refractivity contribution is 6.02. The highest BCUT2D eigenvalue weighted by Gasteiger charge is 2.08. The summed E-state index contributed by atoms with van der Waals surface area (Å²) in [6.45, 7) is 2.01. The van der Waals surface area contributed by atoms with Crippen LogP contribution in [0.1, 0.15) is 16.1 Å². The Morgan fingerprint density at radius 2 is 1.58 bits per heavy atom. The molecule has 1 heterocycles. The van der Waals surface area contributed by atoms with Gasteiger partial charge in [0.2, 0.25) is 0 Å². The average Bonchev–Trinajstić information content (AvgIpc) is 2.59. The predicted octanol–water partition coefficient (Wildman–Crippen LogP) is 3.92. The molecule has 3 rings (SSSR count). The summed E-state index contributed by atoms with van der Waals surface area (Å²) in [5.41, 5.74) is 2.72. The van der Waals surface area contributed by atoms with Gasteiger partial charge in [-0.3, -0.25) is 4.79 Å². The Bertz CT molecular complexity index is 830. The van der Waals surface area contributed by atoms with Crippen LogP contribution < -0.4 is 10.6 Å². The minimum absolute atomic E-state index is 0.175. The van der Waals surface area contributed by atoms with Crippen LogP contribution in [0.3, 0.4) is 0 Å². The van der Waals surface area contributed by atoms with Crippen LogP contribution in [0.25, 0.3) is 0 Å². The lowest BCUT2D eigenvalue weighted by Crippen LogP contribution is -2.14. The number of aromatic nitrogens is 2. The summed E-state index contributed by atoms with van der Waals surface area (Å²) in [6.07, 6.45) is 2.87. The molecule has 0 unspecified atom stereocenters. The Balaban J connectivity index is 1.66. The third-order valence-corrected chi connectivity index (χ3v) is 3.31.